The molecule has 8 rings (SSSR count). The van der Waals surface area contributed by atoms with Crippen molar-refractivity contribution in [1.29, 1.82) is 0 Å². The Bertz CT molecular complexity index is 1850. The number of hydrogen-bond acceptors (Lipinski definition) is 7. The lowest BCUT2D eigenvalue weighted by atomic mass is 9.58. The molecule has 1 N–H and O–H groups in total. The number of aryl methyl sites for hydroxylation is 2. The molecule has 6 atom stereocenters. The molecule has 2 amide bonds. The fraction of sp³-hybridized carbons (Fsp3) is 0.619. The summed E-state index contributed by atoms with van der Waals surface area (Å²) in [6.07, 6.45) is 13.8. The van der Waals surface area contributed by atoms with E-state index < -0.39 is 15.8 Å². The molecule has 10 heteroatoms. The molecule has 0 radical (unpaired) electrons. The molecule has 2 bridgehead atoms. The minimum atomic E-state index is -3.41. The van der Waals surface area contributed by atoms with Crippen LogP contribution in [-0.4, -0.2) is 67.9 Å². The standard InChI is InChI=1S/C42H55N3O6S/c1-28-9-13-35-30(20-28)7-5-15-42(35)26-45-24-32-10-12-34(32)37(49-3)8-4-6-29(2)25-52(48,43-39(46)31-11-14-38(51-27-42)36(45)21-31)44-40(47)33-22-41(23-33)16-18-50-19-17-41/h4,8-9,11,13-14,20-21,29,32-34,37H,5-7,10,12,15-19,22-27H2,1-3H3,(H,43,44,46,47,48)/b8-4+/t29-,32-,34+,37-,42-,52?/m0/s1. The smallest absolute Gasteiger partial charge is 0.286 e. The average Bonchev–Trinajstić information content (AvgIpc) is 3.24. The molecule has 2 aromatic carbocycles. The van der Waals surface area contributed by atoms with Crippen molar-refractivity contribution in [3.05, 3.63) is 70.8 Å². The van der Waals surface area contributed by atoms with Crippen LogP contribution >= 0.6 is 0 Å². The van der Waals surface area contributed by atoms with Gasteiger partial charge in [0.25, 0.3) is 5.91 Å². The monoisotopic (exact) mass is 729 g/mol. The van der Waals surface area contributed by atoms with Crippen LogP contribution in [0.5, 0.6) is 5.75 Å². The van der Waals surface area contributed by atoms with Gasteiger partial charge in [0, 0.05) is 50.3 Å². The van der Waals surface area contributed by atoms with Crippen LogP contribution in [0.4, 0.5) is 5.69 Å². The van der Waals surface area contributed by atoms with Gasteiger partial charge in [0.1, 0.15) is 15.7 Å². The highest BCUT2D eigenvalue weighted by Crippen LogP contribution is 2.52. The normalized spacial score (nSPS) is 33.7. The molecular weight excluding hydrogens is 675 g/mol. The van der Waals surface area contributed by atoms with Gasteiger partial charge in [0.05, 0.1) is 24.2 Å². The van der Waals surface area contributed by atoms with E-state index in [4.69, 9.17) is 14.2 Å². The number of methoxy groups -OCH3 is 1. The van der Waals surface area contributed by atoms with Crippen molar-refractivity contribution in [1.82, 2.24) is 4.72 Å². The number of amides is 2. The third-order valence-electron chi connectivity index (χ3n) is 13.3. The van der Waals surface area contributed by atoms with Gasteiger partial charge in [0.2, 0.25) is 5.91 Å². The van der Waals surface area contributed by atoms with Crippen LogP contribution in [0.15, 0.2) is 52.9 Å². The van der Waals surface area contributed by atoms with Crippen LogP contribution in [0.1, 0.15) is 91.8 Å². The Labute approximate surface area is 309 Å². The number of rotatable bonds is 3. The van der Waals surface area contributed by atoms with Gasteiger partial charge in [-0.1, -0.05) is 42.8 Å². The number of benzene rings is 2. The summed E-state index contributed by atoms with van der Waals surface area (Å²) in [7, 11) is -1.62. The fourth-order valence-electron chi connectivity index (χ4n) is 10.2. The molecule has 2 aromatic rings. The summed E-state index contributed by atoms with van der Waals surface area (Å²) < 4.78 is 40.2. The van der Waals surface area contributed by atoms with E-state index in [0.717, 1.165) is 95.5 Å². The second-order valence-electron chi connectivity index (χ2n) is 17.0. The molecule has 9 nitrogen and oxygen atoms in total. The molecular formula is C42H55N3O6S. The van der Waals surface area contributed by atoms with Gasteiger partial charge in [-0.15, -0.1) is 4.36 Å². The highest BCUT2D eigenvalue weighted by atomic mass is 32.2. The van der Waals surface area contributed by atoms with Crippen molar-refractivity contribution in [3.63, 3.8) is 0 Å². The third-order valence-corrected chi connectivity index (χ3v) is 15.3. The second-order valence-corrected chi connectivity index (χ2v) is 19.0. The molecule has 3 aliphatic heterocycles. The zero-order valence-electron chi connectivity index (χ0n) is 31.1. The number of carbonyl (C=O) groups is 2. The molecule has 2 saturated carbocycles. The predicted molar refractivity (Wildman–Crippen MR) is 203 cm³/mol. The number of carbonyl (C=O) groups excluding carboxylic acids is 2. The maximum Gasteiger partial charge on any atom is 0.286 e. The molecule has 3 fully saturated rings. The van der Waals surface area contributed by atoms with Crippen LogP contribution in [-0.2, 0) is 36.0 Å². The Balaban J connectivity index is 1.15. The van der Waals surface area contributed by atoms with Crippen molar-refractivity contribution in [2.75, 3.05) is 50.7 Å². The lowest BCUT2D eigenvalue weighted by Crippen LogP contribution is -2.49. The number of ether oxygens (including phenoxy) is 3. The summed E-state index contributed by atoms with van der Waals surface area (Å²) in [5.41, 5.74) is 5.24. The van der Waals surface area contributed by atoms with E-state index >= 15 is 0 Å². The van der Waals surface area contributed by atoms with Gasteiger partial charge in [-0.3, -0.25) is 14.3 Å². The number of nitrogens with one attached hydrogen (secondary N) is 1. The first kappa shape index (κ1) is 35.8. The largest absolute Gasteiger partial charge is 0.490 e. The van der Waals surface area contributed by atoms with Crippen molar-refractivity contribution in [2.45, 2.75) is 89.6 Å². The molecule has 6 aliphatic rings. The Hall–Kier alpha value is -3.21. The molecule has 3 aliphatic carbocycles. The van der Waals surface area contributed by atoms with E-state index in [9.17, 15) is 13.8 Å². The summed E-state index contributed by atoms with van der Waals surface area (Å²) in [5.74, 6) is 0.494. The van der Waals surface area contributed by atoms with E-state index in [-0.39, 0.29) is 40.4 Å². The van der Waals surface area contributed by atoms with E-state index in [2.05, 4.69) is 51.3 Å². The van der Waals surface area contributed by atoms with Gasteiger partial charge >= 0.3 is 0 Å². The van der Waals surface area contributed by atoms with Crippen LogP contribution in [0.2, 0.25) is 0 Å². The Kier molecular flexibility index (Phi) is 9.79. The van der Waals surface area contributed by atoms with Crippen molar-refractivity contribution in [2.24, 2.45) is 33.4 Å². The Morgan fingerprint density at radius 3 is 2.69 bits per heavy atom. The van der Waals surface area contributed by atoms with Crippen LogP contribution in [0.25, 0.3) is 0 Å². The highest BCUT2D eigenvalue weighted by molar-refractivity contribution is 7.92. The topological polar surface area (TPSA) is 107 Å². The predicted octanol–water partition coefficient (Wildman–Crippen LogP) is 6.95. The number of allylic oxidation sites excluding steroid dienone is 1. The zero-order valence-corrected chi connectivity index (χ0v) is 31.9. The second kappa shape index (κ2) is 14.2. The first-order chi connectivity index (χ1) is 25.1. The third kappa shape index (κ3) is 6.95. The molecule has 280 valence electrons. The Morgan fingerprint density at radius 1 is 1.10 bits per heavy atom. The maximum absolute atomic E-state index is 14.7. The van der Waals surface area contributed by atoms with Crippen molar-refractivity contribution >= 4 is 27.4 Å². The van der Waals surface area contributed by atoms with E-state index in [1.807, 2.05) is 19.1 Å². The molecule has 2 spiro atoms. The molecule has 3 heterocycles. The van der Waals surface area contributed by atoms with Gasteiger partial charge in [-0.25, -0.2) is 4.21 Å². The number of anilines is 1. The Morgan fingerprint density at radius 2 is 1.92 bits per heavy atom. The van der Waals surface area contributed by atoms with E-state index in [1.54, 1.807) is 13.2 Å². The first-order valence-corrected chi connectivity index (χ1v) is 21.2. The van der Waals surface area contributed by atoms with Crippen LogP contribution in [0, 0.1) is 36.0 Å². The van der Waals surface area contributed by atoms with Crippen LogP contribution in [0.3, 0.4) is 0 Å². The number of nitrogens with zero attached hydrogens (tertiary/aromatic N) is 2. The molecule has 52 heavy (non-hydrogen) atoms. The minimum Gasteiger partial charge on any atom is -0.490 e. The van der Waals surface area contributed by atoms with Gasteiger partial charge in [-0.2, -0.15) is 0 Å². The van der Waals surface area contributed by atoms with E-state index in [1.165, 1.54) is 16.7 Å². The SMILES string of the molecule is CO[C@H]1/C=C/C[C@H](C)CS(=O)(NC(=O)C2CC3(CCOCC3)C2)=NC(=O)c2ccc3c(c2)N(C[C@@H]2CC[C@H]21)C[C@@]1(CCCc2cc(C)ccc21)CO3. The molecule has 1 saturated heterocycles. The summed E-state index contributed by atoms with van der Waals surface area (Å²) in [5, 5.41) is 0. The average molecular weight is 730 g/mol. The minimum absolute atomic E-state index is 0.0216. The van der Waals surface area contributed by atoms with Crippen molar-refractivity contribution in [3.8, 4) is 5.75 Å². The summed E-state index contributed by atoms with van der Waals surface area (Å²) in [6.45, 7) is 7.78. The highest BCUT2D eigenvalue weighted by Gasteiger charge is 2.48. The van der Waals surface area contributed by atoms with Gasteiger partial charge < -0.3 is 19.1 Å². The number of hydrogen-bond donors (Lipinski definition) is 1. The number of fused-ring (bicyclic) bond motifs is 4. The van der Waals surface area contributed by atoms with Gasteiger partial charge in [-0.05, 0) is 124 Å². The van der Waals surface area contributed by atoms with E-state index in [0.29, 0.717) is 30.4 Å². The fourth-order valence-corrected chi connectivity index (χ4v) is 12.1. The first-order valence-electron chi connectivity index (χ1n) is 19.6. The lowest BCUT2D eigenvalue weighted by molar-refractivity contribution is -0.135. The summed E-state index contributed by atoms with van der Waals surface area (Å²) in [6, 6.07) is 12.4. The summed E-state index contributed by atoms with van der Waals surface area (Å²) >= 11 is 0. The lowest BCUT2D eigenvalue weighted by Gasteiger charge is -2.49. The van der Waals surface area contributed by atoms with Gasteiger partial charge in [0.15, 0.2) is 0 Å². The van der Waals surface area contributed by atoms with Crippen LogP contribution < -0.4 is 14.4 Å². The van der Waals surface area contributed by atoms with Crippen molar-refractivity contribution < 1.29 is 28.0 Å². The molecule has 0 aromatic heterocycles. The zero-order chi connectivity index (χ0) is 36.1. The summed E-state index contributed by atoms with van der Waals surface area (Å²) in [4.78, 5) is 30.1. The molecule has 1 unspecified atom stereocenters. The maximum atomic E-state index is 14.7. The quantitative estimate of drug-likeness (QED) is 0.341.